The Morgan fingerprint density at radius 2 is 2.21 bits per heavy atom. The summed E-state index contributed by atoms with van der Waals surface area (Å²) in [7, 11) is 1.63. The van der Waals surface area contributed by atoms with Crippen LogP contribution in [0.2, 0.25) is 5.02 Å². The lowest BCUT2D eigenvalue weighted by Gasteiger charge is -2.08. The summed E-state index contributed by atoms with van der Waals surface area (Å²) in [5.41, 5.74) is 1.96. The maximum Gasteiger partial charge on any atom is 0.0738 e. The molecule has 1 aromatic rings. The number of halogens is 2. The summed E-state index contributed by atoms with van der Waals surface area (Å²) in [5, 5.41) is 9.46. The lowest BCUT2D eigenvalue weighted by Crippen LogP contribution is -1.95. The molecule has 0 fully saturated rings. The Morgan fingerprint density at radius 3 is 2.71 bits per heavy atom. The second-order valence-corrected chi connectivity index (χ2v) is 4.21. The fourth-order valence-electron chi connectivity index (χ4n) is 1.21. The van der Waals surface area contributed by atoms with Crippen LogP contribution >= 0.6 is 27.5 Å². The third-order valence-corrected chi connectivity index (χ3v) is 2.93. The van der Waals surface area contributed by atoms with Gasteiger partial charge >= 0.3 is 0 Å². The van der Waals surface area contributed by atoms with Crippen LogP contribution in [-0.2, 0) is 17.8 Å². The molecule has 1 N–H and O–H groups in total. The van der Waals surface area contributed by atoms with Crippen LogP contribution in [0.25, 0.3) is 0 Å². The summed E-state index contributed by atoms with van der Waals surface area (Å²) in [6.45, 7) is 0.616. The van der Waals surface area contributed by atoms with E-state index in [0.717, 1.165) is 15.6 Å². The predicted octanol–water partition coefficient (Wildman–Crippen LogP) is 2.78. The van der Waals surface area contributed by atoms with E-state index in [1.165, 1.54) is 0 Å². The fraction of sp³-hybridized carbons (Fsp3) is 0.400. The highest BCUT2D eigenvalue weighted by Gasteiger charge is 2.07. The quantitative estimate of drug-likeness (QED) is 0.918. The zero-order valence-corrected chi connectivity index (χ0v) is 10.2. The highest BCUT2D eigenvalue weighted by atomic mass is 79.9. The molecule has 0 saturated heterocycles. The Hall–Kier alpha value is -0.0900. The smallest absolute Gasteiger partial charge is 0.0738 e. The average Bonchev–Trinajstić information content (AvgIpc) is 2.12. The molecular formula is C10H12BrClO2. The van der Waals surface area contributed by atoms with E-state index < -0.39 is 0 Å². The van der Waals surface area contributed by atoms with Crippen LogP contribution in [0.3, 0.4) is 0 Å². The summed E-state index contributed by atoms with van der Waals surface area (Å²) in [4.78, 5) is 0. The summed E-state index contributed by atoms with van der Waals surface area (Å²) in [5.74, 6) is 0. The van der Waals surface area contributed by atoms with Gasteiger partial charge in [-0.1, -0.05) is 27.5 Å². The fourth-order valence-corrected chi connectivity index (χ4v) is 2.24. The van der Waals surface area contributed by atoms with Gasteiger partial charge in [0.15, 0.2) is 0 Å². The van der Waals surface area contributed by atoms with E-state index in [2.05, 4.69) is 15.9 Å². The molecule has 0 aliphatic heterocycles. The number of benzene rings is 1. The van der Waals surface area contributed by atoms with Gasteiger partial charge in [-0.3, -0.25) is 0 Å². The van der Waals surface area contributed by atoms with Gasteiger partial charge in [-0.2, -0.15) is 0 Å². The van der Waals surface area contributed by atoms with Crippen molar-refractivity contribution in [3.8, 4) is 0 Å². The van der Waals surface area contributed by atoms with Gasteiger partial charge < -0.3 is 9.84 Å². The molecule has 0 unspecified atom stereocenters. The van der Waals surface area contributed by atoms with Gasteiger partial charge in [0.2, 0.25) is 0 Å². The molecule has 0 aromatic heterocycles. The molecule has 0 aliphatic rings. The number of aliphatic hydroxyl groups excluding tert-OH is 1. The van der Waals surface area contributed by atoms with Crippen LogP contribution in [0.1, 0.15) is 11.1 Å². The van der Waals surface area contributed by atoms with E-state index in [1.54, 1.807) is 7.11 Å². The molecule has 0 spiro atoms. The molecule has 0 aliphatic carbocycles. The van der Waals surface area contributed by atoms with Crippen molar-refractivity contribution in [1.29, 1.82) is 0 Å². The lowest BCUT2D eigenvalue weighted by molar-refractivity contribution is 0.184. The summed E-state index contributed by atoms with van der Waals surface area (Å²) >= 11 is 9.48. The van der Waals surface area contributed by atoms with Crippen molar-refractivity contribution in [1.82, 2.24) is 0 Å². The van der Waals surface area contributed by atoms with Crippen molar-refractivity contribution in [2.24, 2.45) is 0 Å². The minimum atomic E-state index is 0.131. The molecule has 0 saturated carbocycles. The topological polar surface area (TPSA) is 29.5 Å². The van der Waals surface area contributed by atoms with Crippen molar-refractivity contribution in [2.75, 3.05) is 13.7 Å². The molecule has 0 radical (unpaired) electrons. The number of aliphatic hydroxyl groups is 1. The highest BCUT2D eigenvalue weighted by molar-refractivity contribution is 9.10. The number of hydrogen-bond acceptors (Lipinski definition) is 2. The van der Waals surface area contributed by atoms with Gasteiger partial charge in [0.05, 0.1) is 6.61 Å². The first-order valence-corrected chi connectivity index (χ1v) is 5.42. The number of ether oxygens (including phenoxy) is 1. The normalized spacial score (nSPS) is 10.6. The summed E-state index contributed by atoms with van der Waals surface area (Å²) in [6.07, 6.45) is 0.617. The zero-order chi connectivity index (χ0) is 10.6. The second-order valence-electron chi connectivity index (χ2n) is 2.94. The number of hydrogen-bond donors (Lipinski definition) is 1. The predicted molar refractivity (Wildman–Crippen MR) is 60.7 cm³/mol. The van der Waals surface area contributed by atoms with Crippen LogP contribution in [-0.4, -0.2) is 18.8 Å². The van der Waals surface area contributed by atoms with E-state index in [-0.39, 0.29) is 6.61 Å². The van der Waals surface area contributed by atoms with E-state index in [4.69, 9.17) is 21.4 Å². The van der Waals surface area contributed by atoms with E-state index in [1.807, 2.05) is 12.1 Å². The Morgan fingerprint density at radius 1 is 1.50 bits per heavy atom. The Kier molecular flexibility index (Phi) is 4.89. The van der Waals surface area contributed by atoms with Gasteiger partial charge in [0, 0.05) is 28.8 Å². The average molecular weight is 280 g/mol. The van der Waals surface area contributed by atoms with Crippen molar-refractivity contribution >= 4 is 27.5 Å². The first-order chi connectivity index (χ1) is 6.69. The molecule has 0 amide bonds. The SMILES string of the molecule is COCc1c(Cl)cc(CCO)cc1Br. The molecule has 2 nitrogen and oxygen atoms in total. The molecule has 1 aromatic carbocycles. The van der Waals surface area contributed by atoms with Crippen LogP contribution in [0.15, 0.2) is 16.6 Å². The van der Waals surface area contributed by atoms with Gasteiger partial charge in [0.1, 0.15) is 0 Å². The van der Waals surface area contributed by atoms with E-state index in [0.29, 0.717) is 18.1 Å². The molecular weight excluding hydrogens is 267 g/mol. The van der Waals surface area contributed by atoms with Crippen LogP contribution in [0, 0.1) is 0 Å². The van der Waals surface area contributed by atoms with Crippen LogP contribution in [0.5, 0.6) is 0 Å². The van der Waals surface area contributed by atoms with Crippen molar-refractivity contribution < 1.29 is 9.84 Å². The minimum Gasteiger partial charge on any atom is -0.396 e. The number of rotatable bonds is 4. The largest absolute Gasteiger partial charge is 0.396 e. The maximum absolute atomic E-state index is 8.79. The van der Waals surface area contributed by atoms with Gasteiger partial charge in [-0.15, -0.1) is 0 Å². The first-order valence-electron chi connectivity index (χ1n) is 4.25. The van der Waals surface area contributed by atoms with E-state index in [9.17, 15) is 0 Å². The minimum absolute atomic E-state index is 0.131. The third-order valence-electron chi connectivity index (χ3n) is 1.89. The summed E-state index contributed by atoms with van der Waals surface area (Å²) < 4.78 is 5.95. The lowest BCUT2D eigenvalue weighted by atomic mass is 10.1. The zero-order valence-electron chi connectivity index (χ0n) is 7.89. The van der Waals surface area contributed by atoms with Gasteiger partial charge in [-0.05, 0) is 24.1 Å². The molecule has 4 heteroatoms. The van der Waals surface area contributed by atoms with E-state index >= 15 is 0 Å². The Bertz CT molecular complexity index is 292. The molecule has 0 bridgehead atoms. The first kappa shape index (κ1) is 12.0. The Labute approximate surface area is 97.0 Å². The second kappa shape index (κ2) is 5.71. The van der Waals surface area contributed by atoms with Crippen LogP contribution in [0.4, 0.5) is 0 Å². The molecule has 0 heterocycles. The van der Waals surface area contributed by atoms with Crippen LogP contribution < -0.4 is 0 Å². The molecule has 0 atom stereocenters. The number of methoxy groups -OCH3 is 1. The standard InChI is InChI=1S/C10H12BrClO2/c1-14-6-8-9(11)4-7(2-3-13)5-10(8)12/h4-5,13H,2-3,6H2,1H3. The molecule has 1 rings (SSSR count). The van der Waals surface area contributed by atoms with Gasteiger partial charge in [-0.25, -0.2) is 0 Å². The van der Waals surface area contributed by atoms with Crippen molar-refractivity contribution in [2.45, 2.75) is 13.0 Å². The molecule has 14 heavy (non-hydrogen) atoms. The highest BCUT2D eigenvalue weighted by Crippen LogP contribution is 2.27. The Balaban J connectivity index is 2.98. The maximum atomic E-state index is 8.79. The molecule has 78 valence electrons. The summed E-state index contributed by atoms with van der Waals surface area (Å²) in [6, 6.07) is 3.81. The van der Waals surface area contributed by atoms with Gasteiger partial charge in [0.25, 0.3) is 0 Å². The third kappa shape index (κ3) is 2.95. The van der Waals surface area contributed by atoms with Crippen molar-refractivity contribution in [3.63, 3.8) is 0 Å². The van der Waals surface area contributed by atoms with Crippen molar-refractivity contribution in [3.05, 3.63) is 32.8 Å². The monoisotopic (exact) mass is 278 g/mol.